The number of likely N-dealkylation sites (tertiary alicyclic amines) is 1. The fraction of sp³-hybridized carbons (Fsp3) is 0.308. The Morgan fingerprint density at radius 1 is 1.03 bits per heavy atom. The van der Waals surface area contributed by atoms with E-state index >= 15 is 0 Å². The van der Waals surface area contributed by atoms with Gasteiger partial charge in [-0.15, -0.1) is 0 Å². The normalized spacial score (nSPS) is 16.2. The zero-order chi connectivity index (χ0) is 22.5. The van der Waals surface area contributed by atoms with Crippen molar-refractivity contribution in [3.63, 3.8) is 0 Å². The summed E-state index contributed by atoms with van der Waals surface area (Å²) in [7, 11) is 0. The van der Waals surface area contributed by atoms with Crippen molar-refractivity contribution in [1.29, 1.82) is 0 Å². The molecule has 1 amide bonds. The number of hydrogen-bond acceptors (Lipinski definition) is 6. The van der Waals surface area contributed by atoms with Gasteiger partial charge in [-0.1, -0.05) is 18.6 Å². The van der Waals surface area contributed by atoms with Gasteiger partial charge in [0, 0.05) is 42.3 Å². The number of carbonyl (C=O) groups excluding carboxylic acids is 1. The molecule has 5 rings (SSSR count). The van der Waals surface area contributed by atoms with Crippen LogP contribution in [0, 0.1) is 0 Å². The average molecular weight is 441 g/mol. The highest BCUT2D eigenvalue weighted by Crippen LogP contribution is 2.27. The van der Waals surface area contributed by atoms with Gasteiger partial charge in [0.05, 0.1) is 24.1 Å². The van der Waals surface area contributed by atoms with Crippen molar-refractivity contribution in [3.05, 3.63) is 72.3 Å². The Hall–Kier alpha value is -3.58. The van der Waals surface area contributed by atoms with Crippen LogP contribution in [-0.4, -0.2) is 52.7 Å². The smallest absolute Gasteiger partial charge is 0.274 e. The van der Waals surface area contributed by atoms with Gasteiger partial charge in [-0.2, -0.15) is 0 Å². The predicted octanol–water partition coefficient (Wildman–Crippen LogP) is 3.98. The third-order valence-corrected chi connectivity index (χ3v) is 6.10. The van der Waals surface area contributed by atoms with Crippen LogP contribution in [-0.2, 0) is 11.3 Å². The van der Waals surface area contributed by atoms with E-state index in [1.807, 2.05) is 48.7 Å². The molecule has 2 aliphatic rings. The Morgan fingerprint density at radius 2 is 1.94 bits per heavy atom. The van der Waals surface area contributed by atoms with Crippen LogP contribution < -0.4 is 10.6 Å². The second-order valence-corrected chi connectivity index (χ2v) is 8.49. The van der Waals surface area contributed by atoms with Crippen molar-refractivity contribution in [2.24, 2.45) is 4.99 Å². The molecule has 0 radical (unpaired) electrons. The Kier molecular flexibility index (Phi) is 6.39. The van der Waals surface area contributed by atoms with E-state index in [0.717, 1.165) is 47.7 Å². The molecule has 2 N–H and O–H groups in total. The van der Waals surface area contributed by atoms with Gasteiger partial charge in [-0.25, -0.2) is 0 Å². The minimum Gasteiger partial charge on any atom is -0.383 e. The van der Waals surface area contributed by atoms with Crippen LogP contribution in [0.4, 0.5) is 11.4 Å². The topological polar surface area (TPSA) is 82.5 Å². The predicted molar refractivity (Wildman–Crippen MR) is 132 cm³/mol. The number of amides is 1. The van der Waals surface area contributed by atoms with Crippen molar-refractivity contribution >= 4 is 23.0 Å². The van der Waals surface area contributed by atoms with E-state index in [9.17, 15) is 4.79 Å². The van der Waals surface area contributed by atoms with Crippen molar-refractivity contribution in [2.75, 3.05) is 36.8 Å². The third kappa shape index (κ3) is 5.09. The largest absolute Gasteiger partial charge is 0.383 e. The first-order chi connectivity index (χ1) is 16.3. The molecule has 0 aliphatic carbocycles. The van der Waals surface area contributed by atoms with E-state index in [0.29, 0.717) is 24.5 Å². The van der Waals surface area contributed by atoms with Crippen LogP contribution in [0.1, 0.15) is 30.5 Å². The van der Waals surface area contributed by atoms with Crippen molar-refractivity contribution in [3.8, 4) is 11.1 Å². The van der Waals surface area contributed by atoms with E-state index in [4.69, 9.17) is 0 Å². The summed E-state index contributed by atoms with van der Waals surface area (Å²) in [6.07, 6.45) is 9.14. The number of pyridine rings is 2. The first kappa shape index (κ1) is 21.3. The molecule has 4 heterocycles. The highest BCUT2D eigenvalue weighted by Gasteiger charge is 2.21. The van der Waals surface area contributed by atoms with Gasteiger partial charge in [-0.3, -0.25) is 24.7 Å². The van der Waals surface area contributed by atoms with Gasteiger partial charge in [0.1, 0.15) is 5.71 Å². The SMILES string of the molecule is O=C(Nc1ccc(CN2CCCCC2)nc1)C1=NCCNc2ccc(-c3cccnc3)cc21. The number of aliphatic imine (C=N–C) groups is 1. The number of rotatable bonds is 5. The van der Waals surface area contributed by atoms with Crippen LogP contribution in [0.3, 0.4) is 0 Å². The molecule has 0 saturated carbocycles. The van der Waals surface area contributed by atoms with E-state index < -0.39 is 0 Å². The lowest BCUT2D eigenvalue weighted by Crippen LogP contribution is -2.29. The number of aromatic nitrogens is 2. The summed E-state index contributed by atoms with van der Waals surface area (Å²) < 4.78 is 0. The summed E-state index contributed by atoms with van der Waals surface area (Å²) in [4.78, 5) is 29.0. The van der Waals surface area contributed by atoms with Gasteiger partial charge in [0.2, 0.25) is 0 Å². The zero-order valence-corrected chi connectivity index (χ0v) is 18.6. The summed E-state index contributed by atoms with van der Waals surface area (Å²) in [5.74, 6) is -0.228. The number of fused-ring (bicyclic) bond motifs is 1. The summed E-state index contributed by atoms with van der Waals surface area (Å²) in [6, 6.07) is 13.9. The first-order valence-corrected chi connectivity index (χ1v) is 11.6. The molecule has 1 saturated heterocycles. The molecule has 0 bridgehead atoms. The number of benzodiazepines with no additional fused rings is 1. The van der Waals surface area contributed by atoms with Gasteiger partial charge in [0.15, 0.2) is 0 Å². The van der Waals surface area contributed by atoms with Crippen LogP contribution in [0.15, 0.2) is 66.0 Å². The fourth-order valence-corrected chi connectivity index (χ4v) is 4.37. The molecule has 0 spiro atoms. The molecule has 1 aromatic carbocycles. The average Bonchev–Trinajstić information content (AvgIpc) is 3.08. The molecule has 1 fully saturated rings. The van der Waals surface area contributed by atoms with E-state index in [2.05, 4.69) is 30.5 Å². The molecule has 7 heteroatoms. The number of benzene rings is 1. The second kappa shape index (κ2) is 9.92. The minimum atomic E-state index is -0.228. The molecule has 33 heavy (non-hydrogen) atoms. The molecule has 7 nitrogen and oxygen atoms in total. The van der Waals surface area contributed by atoms with Gasteiger partial charge >= 0.3 is 0 Å². The standard InChI is InChI=1S/C26H28N6O/c33-26(31-21-7-8-22(30-17-21)18-32-13-2-1-3-14-32)25-23-15-19(20-5-4-10-27-16-20)6-9-24(23)28-11-12-29-25/h4-10,15-17,28H,1-3,11-14,18H2,(H,31,33). The van der Waals surface area contributed by atoms with Crippen LogP contribution in [0.25, 0.3) is 11.1 Å². The molecule has 2 aromatic heterocycles. The number of nitrogens with one attached hydrogen (secondary N) is 2. The second-order valence-electron chi connectivity index (χ2n) is 8.49. The van der Waals surface area contributed by atoms with Crippen LogP contribution >= 0.6 is 0 Å². The van der Waals surface area contributed by atoms with Gasteiger partial charge in [-0.05, 0) is 61.8 Å². The highest BCUT2D eigenvalue weighted by atomic mass is 16.1. The van der Waals surface area contributed by atoms with Crippen molar-refractivity contribution < 1.29 is 4.79 Å². The van der Waals surface area contributed by atoms with E-state index in [1.165, 1.54) is 19.3 Å². The lowest BCUT2D eigenvalue weighted by molar-refractivity contribution is -0.110. The number of nitrogens with zero attached hydrogens (tertiary/aromatic N) is 4. The number of piperidine rings is 1. The van der Waals surface area contributed by atoms with Crippen molar-refractivity contribution in [1.82, 2.24) is 14.9 Å². The minimum absolute atomic E-state index is 0.228. The van der Waals surface area contributed by atoms with Crippen molar-refractivity contribution in [2.45, 2.75) is 25.8 Å². The molecular weight excluding hydrogens is 412 g/mol. The number of anilines is 2. The number of carbonyl (C=O) groups is 1. The molecule has 3 aromatic rings. The van der Waals surface area contributed by atoms with Crippen LogP contribution in [0.5, 0.6) is 0 Å². The quantitative estimate of drug-likeness (QED) is 0.627. The summed E-state index contributed by atoms with van der Waals surface area (Å²) in [5, 5.41) is 6.36. The first-order valence-electron chi connectivity index (χ1n) is 11.6. The maximum Gasteiger partial charge on any atom is 0.274 e. The van der Waals surface area contributed by atoms with E-state index in [-0.39, 0.29) is 5.91 Å². The fourth-order valence-electron chi connectivity index (χ4n) is 4.37. The lowest BCUT2D eigenvalue weighted by Gasteiger charge is -2.25. The zero-order valence-electron chi connectivity index (χ0n) is 18.6. The molecule has 2 aliphatic heterocycles. The van der Waals surface area contributed by atoms with Gasteiger partial charge in [0.25, 0.3) is 5.91 Å². The molecule has 0 unspecified atom stereocenters. The van der Waals surface area contributed by atoms with Crippen LogP contribution in [0.2, 0.25) is 0 Å². The summed E-state index contributed by atoms with van der Waals surface area (Å²) in [6.45, 7) is 4.34. The highest BCUT2D eigenvalue weighted by molar-refractivity contribution is 6.50. The monoisotopic (exact) mass is 440 g/mol. The number of hydrogen-bond donors (Lipinski definition) is 2. The summed E-state index contributed by atoms with van der Waals surface area (Å²) in [5.41, 5.74) is 5.82. The van der Waals surface area contributed by atoms with E-state index in [1.54, 1.807) is 12.4 Å². The molecule has 168 valence electrons. The Labute approximate surface area is 194 Å². The Morgan fingerprint density at radius 3 is 2.73 bits per heavy atom. The summed E-state index contributed by atoms with van der Waals surface area (Å²) >= 11 is 0. The van der Waals surface area contributed by atoms with Gasteiger partial charge < -0.3 is 10.6 Å². The molecular formula is C26H28N6O. The maximum atomic E-state index is 13.2. The third-order valence-electron chi connectivity index (χ3n) is 6.10. The maximum absolute atomic E-state index is 13.2. The molecule has 0 atom stereocenters. The Bertz CT molecular complexity index is 1140. The lowest BCUT2D eigenvalue weighted by atomic mass is 10.00. The Balaban J connectivity index is 1.33.